The average Bonchev–Trinajstić information content (AvgIpc) is 3.02. The summed E-state index contributed by atoms with van der Waals surface area (Å²) in [6.07, 6.45) is 0. The third-order valence-corrected chi connectivity index (χ3v) is 7.73. The minimum absolute atomic E-state index is 0.252. The van der Waals surface area contributed by atoms with E-state index in [1.54, 1.807) is 52.8 Å². The van der Waals surface area contributed by atoms with Gasteiger partial charge < -0.3 is 19.7 Å². The van der Waals surface area contributed by atoms with Crippen molar-refractivity contribution in [3.05, 3.63) is 35.9 Å². The Morgan fingerprint density at radius 1 is 1.17 bits per heavy atom. The first-order chi connectivity index (χ1) is 16.5. The van der Waals surface area contributed by atoms with Gasteiger partial charge >= 0.3 is 22.2 Å². The number of hydrogen-bond acceptors (Lipinski definition) is 9. The van der Waals surface area contributed by atoms with E-state index < -0.39 is 74.5 Å². The number of esters is 2. The average molecular weight is 544 g/mol. The summed E-state index contributed by atoms with van der Waals surface area (Å²) in [6.45, 7) is 7.83. The van der Waals surface area contributed by atoms with Crippen LogP contribution in [0.4, 0.5) is 0 Å². The van der Waals surface area contributed by atoms with Crippen molar-refractivity contribution < 1.29 is 41.6 Å². The van der Waals surface area contributed by atoms with Crippen molar-refractivity contribution in [2.45, 2.75) is 62.9 Å². The van der Waals surface area contributed by atoms with Crippen molar-refractivity contribution in [2.75, 3.05) is 6.79 Å². The van der Waals surface area contributed by atoms with Crippen molar-refractivity contribution in [3.8, 4) is 0 Å². The summed E-state index contributed by atoms with van der Waals surface area (Å²) in [7, 11) is -4.74. The van der Waals surface area contributed by atoms with Crippen LogP contribution in [-0.4, -0.2) is 70.6 Å². The SMILES string of the molecule is CC(C)(C)C(=O)OCOC(=O)[C@@H]1N2C(=O)[C@@H](NC(=O)[C@H](NS(=O)(=O)O)c3ccccc3)[C@H]2SC1(C)C. The molecule has 1 aromatic carbocycles. The Bertz CT molecular complexity index is 1150. The van der Waals surface area contributed by atoms with Crippen molar-refractivity contribution in [3.63, 3.8) is 0 Å². The first-order valence-corrected chi connectivity index (χ1v) is 13.3. The van der Waals surface area contributed by atoms with E-state index in [4.69, 9.17) is 9.47 Å². The minimum Gasteiger partial charge on any atom is -0.427 e. The second-order valence-corrected chi connectivity index (χ2v) is 12.9. The fraction of sp³-hybridized carbons (Fsp3) is 0.545. The Hall–Kier alpha value is -2.68. The van der Waals surface area contributed by atoms with Gasteiger partial charge in [-0.3, -0.25) is 18.9 Å². The highest BCUT2D eigenvalue weighted by Gasteiger charge is 2.64. The Labute approximate surface area is 213 Å². The number of carbonyl (C=O) groups excluding carboxylic acids is 4. The maximum absolute atomic E-state index is 13.0. The molecule has 2 aliphatic heterocycles. The monoisotopic (exact) mass is 543 g/mol. The molecule has 0 aromatic heterocycles. The van der Waals surface area contributed by atoms with Crippen LogP contribution in [0.3, 0.4) is 0 Å². The van der Waals surface area contributed by atoms with E-state index in [2.05, 4.69) is 5.32 Å². The number of hydrogen-bond donors (Lipinski definition) is 3. The highest BCUT2D eigenvalue weighted by atomic mass is 32.2. The molecule has 3 N–H and O–H groups in total. The van der Waals surface area contributed by atoms with E-state index in [0.29, 0.717) is 0 Å². The first kappa shape index (κ1) is 27.9. The van der Waals surface area contributed by atoms with Gasteiger partial charge in [0.1, 0.15) is 23.5 Å². The largest absolute Gasteiger partial charge is 0.427 e. The topological polar surface area (TPSA) is 168 Å². The lowest BCUT2D eigenvalue weighted by atomic mass is 9.95. The van der Waals surface area contributed by atoms with Gasteiger partial charge in [0, 0.05) is 4.75 Å². The molecule has 2 fully saturated rings. The Kier molecular flexibility index (Phi) is 7.75. The van der Waals surface area contributed by atoms with E-state index in [0.717, 1.165) is 0 Å². The first-order valence-electron chi connectivity index (χ1n) is 11.0. The number of fused-ring (bicyclic) bond motifs is 1. The van der Waals surface area contributed by atoms with Crippen LogP contribution >= 0.6 is 11.8 Å². The van der Waals surface area contributed by atoms with Gasteiger partial charge in [-0.1, -0.05) is 30.3 Å². The summed E-state index contributed by atoms with van der Waals surface area (Å²) in [5.41, 5.74) is -0.525. The molecule has 1 aromatic rings. The zero-order valence-corrected chi connectivity index (χ0v) is 22.0. The number of ether oxygens (including phenoxy) is 2. The van der Waals surface area contributed by atoms with Gasteiger partial charge in [-0.15, -0.1) is 11.8 Å². The molecule has 0 unspecified atom stereocenters. The number of carbonyl (C=O) groups is 4. The number of thioether (sulfide) groups is 1. The molecule has 198 valence electrons. The second-order valence-electron chi connectivity index (χ2n) is 9.95. The van der Waals surface area contributed by atoms with Crippen LogP contribution in [0.15, 0.2) is 30.3 Å². The van der Waals surface area contributed by atoms with Crippen molar-refractivity contribution >= 4 is 45.8 Å². The molecule has 3 rings (SSSR count). The molecule has 2 heterocycles. The third kappa shape index (κ3) is 5.99. The molecular weight excluding hydrogens is 514 g/mol. The molecule has 0 radical (unpaired) electrons. The van der Waals surface area contributed by atoms with Gasteiger partial charge in [0.05, 0.1) is 5.41 Å². The highest BCUT2D eigenvalue weighted by Crippen LogP contribution is 2.51. The zero-order chi connectivity index (χ0) is 27.1. The van der Waals surface area contributed by atoms with Gasteiger partial charge in [-0.2, -0.15) is 13.1 Å². The van der Waals surface area contributed by atoms with Crippen LogP contribution in [0.5, 0.6) is 0 Å². The van der Waals surface area contributed by atoms with E-state index in [1.807, 2.05) is 4.72 Å². The molecule has 36 heavy (non-hydrogen) atoms. The lowest BCUT2D eigenvalue weighted by Crippen LogP contribution is -2.71. The van der Waals surface area contributed by atoms with Gasteiger partial charge in [0.15, 0.2) is 0 Å². The van der Waals surface area contributed by atoms with Gasteiger partial charge in [0.25, 0.3) is 0 Å². The van der Waals surface area contributed by atoms with Gasteiger partial charge in [0.2, 0.25) is 18.6 Å². The predicted molar refractivity (Wildman–Crippen MR) is 128 cm³/mol. The molecule has 0 aliphatic carbocycles. The minimum atomic E-state index is -4.74. The number of rotatable bonds is 8. The van der Waals surface area contributed by atoms with Gasteiger partial charge in [-0.25, -0.2) is 4.79 Å². The molecule has 2 aliphatic rings. The Morgan fingerprint density at radius 2 is 1.78 bits per heavy atom. The molecule has 0 spiro atoms. The molecule has 4 atom stereocenters. The number of nitrogens with zero attached hydrogens (tertiary/aromatic N) is 1. The molecule has 2 saturated heterocycles. The van der Waals surface area contributed by atoms with E-state index >= 15 is 0 Å². The van der Waals surface area contributed by atoms with Crippen molar-refractivity contribution in [2.24, 2.45) is 5.41 Å². The second kappa shape index (κ2) is 10.00. The number of benzene rings is 1. The molecule has 0 bridgehead atoms. The third-order valence-electron chi connectivity index (χ3n) is 5.63. The number of β-lactam (4-membered cyclic amide) rings is 1. The molecule has 0 saturated carbocycles. The number of amides is 2. The van der Waals surface area contributed by atoms with Crippen LogP contribution in [0, 0.1) is 5.41 Å². The van der Waals surface area contributed by atoms with Crippen LogP contribution < -0.4 is 10.0 Å². The summed E-state index contributed by atoms with van der Waals surface area (Å²) < 4.78 is 43.2. The zero-order valence-electron chi connectivity index (χ0n) is 20.4. The lowest BCUT2D eigenvalue weighted by Gasteiger charge is -2.44. The molecule has 14 heteroatoms. The maximum atomic E-state index is 13.0. The van der Waals surface area contributed by atoms with Gasteiger partial charge in [-0.05, 0) is 40.2 Å². The molecule has 12 nitrogen and oxygen atoms in total. The molecule has 2 amide bonds. The van der Waals surface area contributed by atoms with Crippen molar-refractivity contribution in [1.82, 2.24) is 14.9 Å². The normalized spacial score (nSPS) is 23.8. The smallest absolute Gasteiger partial charge is 0.334 e. The van der Waals surface area contributed by atoms with Crippen LogP contribution in [0.1, 0.15) is 46.2 Å². The Morgan fingerprint density at radius 3 is 2.33 bits per heavy atom. The predicted octanol–water partition coefficient (Wildman–Crippen LogP) is 0.757. The lowest BCUT2D eigenvalue weighted by molar-refractivity contribution is -0.180. The van der Waals surface area contributed by atoms with E-state index in [-0.39, 0.29) is 5.56 Å². The fourth-order valence-corrected chi connectivity index (χ4v) is 6.03. The highest BCUT2D eigenvalue weighted by molar-refractivity contribution is 8.01. The quantitative estimate of drug-likeness (QED) is 0.184. The summed E-state index contributed by atoms with van der Waals surface area (Å²) in [5.74, 6) is -2.72. The summed E-state index contributed by atoms with van der Waals surface area (Å²) >= 11 is 1.27. The summed E-state index contributed by atoms with van der Waals surface area (Å²) in [6, 6.07) is 4.30. The standard InChI is InChI=1S/C22H29N3O9S2/c1-21(2,3)20(29)34-11-33-19(28)15-22(4,5)35-18-14(17(27)25(15)18)23-16(26)13(24-36(30,31)32)12-9-7-6-8-10-12/h6-10,13-15,18,24H,11H2,1-5H3,(H,23,26)(H,30,31,32)/t13-,14-,15+,18-/m1/s1. The number of nitrogens with one attached hydrogen (secondary N) is 2. The summed E-state index contributed by atoms with van der Waals surface area (Å²) in [4.78, 5) is 51.9. The van der Waals surface area contributed by atoms with E-state index in [9.17, 15) is 32.1 Å². The van der Waals surface area contributed by atoms with Crippen molar-refractivity contribution in [1.29, 1.82) is 0 Å². The maximum Gasteiger partial charge on any atom is 0.334 e. The van der Waals surface area contributed by atoms with E-state index in [1.165, 1.54) is 28.8 Å². The van der Waals surface area contributed by atoms with Crippen LogP contribution in [-0.2, 0) is 39.0 Å². The Balaban J connectivity index is 1.69. The molecular formula is C22H29N3O9S2. The van der Waals surface area contributed by atoms with Crippen LogP contribution in [0.25, 0.3) is 0 Å². The fourth-order valence-electron chi connectivity index (χ4n) is 3.87. The van der Waals surface area contributed by atoms with Crippen LogP contribution in [0.2, 0.25) is 0 Å². The summed E-state index contributed by atoms with van der Waals surface area (Å²) in [5, 5.41) is 1.90.